The van der Waals surface area contributed by atoms with Gasteiger partial charge in [-0.1, -0.05) is 91.0 Å². The molecule has 2 aromatic heterocycles. The molecule has 3 nitrogen and oxygen atoms in total. The fourth-order valence-corrected chi connectivity index (χ4v) is 8.95. The summed E-state index contributed by atoms with van der Waals surface area (Å²) in [5.74, 6) is 1.91. The lowest BCUT2D eigenvalue weighted by Gasteiger charge is -2.26. The number of allylic oxidation sites excluding steroid dienone is 4. The number of furan rings is 1. The highest BCUT2D eigenvalue weighted by Gasteiger charge is 2.19. The van der Waals surface area contributed by atoms with Crippen molar-refractivity contribution in [3.63, 3.8) is 0 Å². The first-order valence-electron chi connectivity index (χ1n) is 18.7. The summed E-state index contributed by atoms with van der Waals surface area (Å²) >= 11 is 1.89. The van der Waals surface area contributed by atoms with Gasteiger partial charge in [0.25, 0.3) is 0 Å². The zero-order valence-electron chi connectivity index (χ0n) is 30.5. The lowest BCUT2D eigenvalue weighted by atomic mass is 9.99. The summed E-state index contributed by atoms with van der Waals surface area (Å²) in [5, 5.41) is 5.18. The second-order valence-electron chi connectivity index (χ2n) is 13.9. The van der Waals surface area contributed by atoms with Crippen LogP contribution in [0.1, 0.15) is 57.1 Å². The average molecular weight is 717 g/mol. The third kappa shape index (κ3) is 6.49. The third-order valence-electron chi connectivity index (χ3n) is 10.4. The van der Waals surface area contributed by atoms with Crippen LogP contribution in [0.5, 0.6) is 0 Å². The maximum atomic E-state index is 6.28. The molecule has 0 aliphatic heterocycles. The molecular weight excluding hydrogens is 677 g/mol. The molecule has 262 valence electrons. The molecule has 9 rings (SSSR count). The molecular formula is C50H40N2OS. The Balaban J connectivity index is 1.08. The van der Waals surface area contributed by atoms with E-state index in [-0.39, 0.29) is 0 Å². The molecule has 0 radical (unpaired) electrons. The van der Waals surface area contributed by atoms with Gasteiger partial charge in [-0.25, -0.2) is 0 Å². The molecule has 0 bridgehead atoms. The Morgan fingerprint density at radius 1 is 0.778 bits per heavy atom. The van der Waals surface area contributed by atoms with E-state index in [1.54, 1.807) is 0 Å². The predicted molar refractivity (Wildman–Crippen MR) is 230 cm³/mol. The second kappa shape index (κ2) is 14.6. The van der Waals surface area contributed by atoms with Crippen LogP contribution in [0.3, 0.4) is 0 Å². The molecule has 1 N–H and O–H groups in total. The molecule has 0 amide bonds. The standard InChI is InChI=1S/C50H40N2OS/c1-34-33-37(36-15-5-3-6-16-36)27-32-46(34)52(39-17-7-4-8-18-39)40-30-28-38(29-31-40)51-45(23-14-25-47-35(2)41-19-9-11-24-48(41)53-47)44-22-13-21-43-42-20-10-12-26-49(42)54-50(43)44/h3-8,11-18,21-26,28-31,33,51H,9-10,19-20H2,1-2H3/b25-14-,45-23-. The second-order valence-corrected chi connectivity index (χ2v) is 15.0. The van der Waals surface area contributed by atoms with Gasteiger partial charge < -0.3 is 14.6 Å². The molecule has 5 aromatic carbocycles. The van der Waals surface area contributed by atoms with E-state index in [2.05, 4.69) is 182 Å². The minimum atomic E-state index is 0.920. The van der Waals surface area contributed by atoms with E-state index in [4.69, 9.17) is 4.42 Å². The highest BCUT2D eigenvalue weighted by atomic mass is 32.1. The molecule has 0 atom stereocenters. The van der Waals surface area contributed by atoms with Gasteiger partial charge in [0.2, 0.25) is 0 Å². The van der Waals surface area contributed by atoms with E-state index < -0.39 is 0 Å². The summed E-state index contributed by atoms with van der Waals surface area (Å²) < 4.78 is 7.58. The summed E-state index contributed by atoms with van der Waals surface area (Å²) in [6.07, 6.45) is 19.6. The molecule has 0 saturated carbocycles. The molecule has 2 aliphatic carbocycles. The lowest BCUT2D eigenvalue weighted by molar-refractivity contribution is 0.540. The van der Waals surface area contributed by atoms with Crippen LogP contribution in [0, 0.1) is 26.0 Å². The number of aryl methyl sites for hydroxylation is 2. The number of hydrogen-bond acceptors (Lipinski definition) is 4. The molecule has 54 heavy (non-hydrogen) atoms. The van der Waals surface area contributed by atoms with Crippen molar-refractivity contribution in [1.82, 2.24) is 0 Å². The van der Waals surface area contributed by atoms with Crippen LogP contribution in [0.4, 0.5) is 22.7 Å². The first kappa shape index (κ1) is 33.5. The Kier molecular flexibility index (Phi) is 9.09. The van der Waals surface area contributed by atoms with Gasteiger partial charge in [0.05, 0.1) is 0 Å². The monoisotopic (exact) mass is 716 g/mol. The van der Waals surface area contributed by atoms with Gasteiger partial charge in [-0.3, -0.25) is 0 Å². The minimum Gasteiger partial charge on any atom is -0.457 e. The smallest absolute Gasteiger partial charge is 0.130 e. The summed E-state index contributed by atoms with van der Waals surface area (Å²) in [7, 11) is 0. The number of anilines is 4. The van der Waals surface area contributed by atoms with E-state index in [9.17, 15) is 0 Å². The van der Waals surface area contributed by atoms with Crippen molar-refractivity contribution in [2.45, 2.75) is 39.5 Å². The third-order valence-corrected chi connectivity index (χ3v) is 11.7. The highest BCUT2D eigenvalue weighted by Crippen LogP contribution is 2.41. The van der Waals surface area contributed by atoms with Crippen molar-refractivity contribution in [3.05, 3.63) is 190 Å². The van der Waals surface area contributed by atoms with Gasteiger partial charge in [0.1, 0.15) is 17.2 Å². The zero-order chi connectivity index (χ0) is 36.4. The summed E-state index contributed by atoms with van der Waals surface area (Å²) in [6, 6.07) is 45.4. The Hall–Kier alpha value is -6.28. The van der Waals surface area contributed by atoms with Gasteiger partial charge in [0, 0.05) is 49.0 Å². The van der Waals surface area contributed by atoms with Crippen LogP contribution in [0.15, 0.2) is 138 Å². The van der Waals surface area contributed by atoms with Gasteiger partial charge in [-0.2, -0.15) is 0 Å². The fourth-order valence-electron chi connectivity index (χ4n) is 7.64. The Bertz CT molecular complexity index is 2580. The van der Waals surface area contributed by atoms with E-state index in [0.717, 1.165) is 82.3 Å². The van der Waals surface area contributed by atoms with Gasteiger partial charge in [-0.15, -0.1) is 11.3 Å². The molecule has 0 saturated heterocycles. The maximum Gasteiger partial charge on any atom is 0.130 e. The van der Waals surface area contributed by atoms with Crippen molar-refractivity contribution in [2.75, 3.05) is 10.2 Å². The van der Waals surface area contributed by atoms with Gasteiger partial charge in [-0.05, 0) is 140 Å². The van der Waals surface area contributed by atoms with Crippen molar-refractivity contribution >= 4 is 68.1 Å². The van der Waals surface area contributed by atoms with Crippen LogP contribution < -0.4 is 10.2 Å². The Labute approximate surface area is 321 Å². The van der Waals surface area contributed by atoms with E-state index >= 15 is 0 Å². The van der Waals surface area contributed by atoms with Crippen LogP contribution in [0.25, 0.3) is 45.1 Å². The normalized spacial score (nSPS) is 13.6. The first-order valence-corrected chi connectivity index (χ1v) is 19.5. The minimum absolute atomic E-state index is 0.920. The number of benzene rings is 4. The number of fused-ring (bicyclic) bond motifs is 4. The van der Waals surface area contributed by atoms with Crippen molar-refractivity contribution in [3.8, 4) is 11.1 Å². The number of nitrogens with one attached hydrogen (secondary N) is 1. The molecule has 0 fully saturated rings. The highest BCUT2D eigenvalue weighted by molar-refractivity contribution is 7.20. The molecule has 0 spiro atoms. The van der Waals surface area contributed by atoms with Gasteiger partial charge in [0.15, 0.2) is 0 Å². The maximum absolute atomic E-state index is 6.28. The number of thiophene rings is 1. The van der Waals surface area contributed by atoms with Crippen LogP contribution in [-0.2, 0) is 12.8 Å². The van der Waals surface area contributed by atoms with Crippen LogP contribution in [0.2, 0.25) is 0 Å². The van der Waals surface area contributed by atoms with E-state index in [1.165, 1.54) is 37.2 Å². The zero-order valence-corrected chi connectivity index (χ0v) is 31.3. The fraction of sp³-hybridized carbons (Fsp3) is 0.120. The Morgan fingerprint density at radius 3 is 2.30 bits per heavy atom. The largest absolute Gasteiger partial charge is 0.457 e. The summed E-state index contributed by atoms with van der Waals surface area (Å²) in [5.41, 5.74) is 13.6. The van der Waals surface area contributed by atoms with Crippen molar-refractivity contribution in [1.29, 1.82) is 0 Å². The molecule has 2 heterocycles. The van der Waals surface area contributed by atoms with Crippen LogP contribution in [-0.4, -0.2) is 0 Å². The summed E-state index contributed by atoms with van der Waals surface area (Å²) in [4.78, 5) is 3.63. The van der Waals surface area contributed by atoms with Crippen LogP contribution >= 0.6 is 11.3 Å². The van der Waals surface area contributed by atoms with Crippen molar-refractivity contribution in [2.24, 2.45) is 0 Å². The SMILES string of the molecule is Cc1cc(-c2ccccc2)c#cc1N(c1ccccc1)c1ccc(N/C(=C\C=C/c2oc3c(c2C)CCC=C3)c2cccc3c4c(sc23)C=CCC4)cc1. The topological polar surface area (TPSA) is 28.4 Å². The van der Waals surface area contributed by atoms with Crippen molar-refractivity contribution < 1.29 is 4.42 Å². The molecule has 7 aromatic rings. The predicted octanol–water partition coefficient (Wildman–Crippen LogP) is 13.9. The quantitative estimate of drug-likeness (QED) is 0.151. The van der Waals surface area contributed by atoms with Gasteiger partial charge >= 0.3 is 0 Å². The summed E-state index contributed by atoms with van der Waals surface area (Å²) in [6.45, 7) is 4.32. The average Bonchev–Trinajstić information content (AvgIpc) is 3.76. The molecule has 4 heteroatoms. The molecule has 0 unspecified atom stereocenters. The number of hydrogen-bond donors (Lipinski definition) is 1. The molecule has 2 aliphatic rings. The number of para-hydroxylation sites is 1. The number of nitrogens with zero attached hydrogens (tertiary/aromatic N) is 1. The number of rotatable bonds is 9. The van der Waals surface area contributed by atoms with E-state index in [1.807, 2.05) is 17.4 Å². The Morgan fingerprint density at radius 2 is 1.52 bits per heavy atom. The lowest BCUT2D eigenvalue weighted by Crippen LogP contribution is -2.11. The first-order chi connectivity index (χ1) is 26.6. The van der Waals surface area contributed by atoms with E-state index in [0.29, 0.717) is 0 Å².